The van der Waals surface area contributed by atoms with E-state index in [0.717, 1.165) is 5.76 Å². The topological polar surface area (TPSA) is 66.8 Å². The number of fused-ring (bicyclic) bond motifs is 1. The Kier molecular flexibility index (Phi) is 3.50. The van der Waals surface area contributed by atoms with Crippen LogP contribution >= 0.6 is 0 Å². The van der Waals surface area contributed by atoms with E-state index in [0.29, 0.717) is 29.8 Å². The first-order valence-corrected chi connectivity index (χ1v) is 6.60. The van der Waals surface area contributed by atoms with E-state index in [4.69, 9.17) is 8.83 Å². The molecule has 5 heteroatoms. The summed E-state index contributed by atoms with van der Waals surface area (Å²) in [5.74, 6) is 0.310. The predicted octanol–water partition coefficient (Wildman–Crippen LogP) is 3.36. The average Bonchev–Trinajstić information content (AvgIpc) is 3.04. The van der Waals surface area contributed by atoms with Crippen LogP contribution in [0.4, 0.5) is 0 Å². The highest BCUT2D eigenvalue weighted by molar-refractivity contribution is 6.03. The van der Waals surface area contributed by atoms with E-state index in [-0.39, 0.29) is 5.56 Å². The van der Waals surface area contributed by atoms with Crippen LogP contribution in [0.3, 0.4) is 0 Å². The van der Waals surface area contributed by atoms with Crippen LogP contribution in [0, 0.1) is 0 Å². The van der Waals surface area contributed by atoms with Crippen molar-refractivity contribution in [3.63, 3.8) is 0 Å². The summed E-state index contributed by atoms with van der Waals surface area (Å²) < 4.78 is 11.0. The third-order valence-electron chi connectivity index (χ3n) is 3.30. The molecule has 0 unspecified atom stereocenters. The van der Waals surface area contributed by atoms with Crippen molar-refractivity contribution < 1.29 is 18.7 Å². The normalized spacial score (nSPS) is 11.3. The zero-order valence-electron chi connectivity index (χ0n) is 11.6. The SMILES string of the molecule is CN(Cc1ccco1)Cc1oc2ccccc2c1C(=O)O. The van der Waals surface area contributed by atoms with Gasteiger partial charge in [-0.15, -0.1) is 0 Å². The van der Waals surface area contributed by atoms with E-state index in [1.165, 1.54) is 0 Å². The first-order chi connectivity index (χ1) is 10.1. The molecule has 1 N–H and O–H groups in total. The van der Waals surface area contributed by atoms with Crippen LogP contribution in [0.25, 0.3) is 11.0 Å². The Morgan fingerprint density at radius 3 is 2.71 bits per heavy atom. The molecule has 0 aliphatic heterocycles. The molecule has 0 saturated heterocycles. The third kappa shape index (κ3) is 2.68. The Morgan fingerprint density at radius 1 is 1.19 bits per heavy atom. The summed E-state index contributed by atoms with van der Waals surface area (Å²) in [6.45, 7) is 0.986. The number of carboxylic acid groups (broad SMARTS) is 1. The van der Waals surface area contributed by atoms with Gasteiger partial charge in [-0.25, -0.2) is 4.79 Å². The van der Waals surface area contributed by atoms with Gasteiger partial charge in [-0.2, -0.15) is 0 Å². The lowest BCUT2D eigenvalue weighted by molar-refractivity contribution is 0.0694. The quantitative estimate of drug-likeness (QED) is 0.778. The van der Waals surface area contributed by atoms with E-state index in [1.807, 2.05) is 30.1 Å². The van der Waals surface area contributed by atoms with Gasteiger partial charge in [0.1, 0.15) is 22.7 Å². The molecule has 0 amide bonds. The molecule has 2 heterocycles. The van der Waals surface area contributed by atoms with Gasteiger partial charge in [0.25, 0.3) is 0 Å². The molecule has 3 rings (SSSR count). The number of para-hydroxylation sites is 1. The first-order valence-electron chi connectivity index (χ1n) is 6.60. The summed E-state index contributed by atoms with van der Waals surface area (Å²) in [5, 5.41) is 10.1. The van der Waals surface area contributed by atoms with Crippen molar-refractivity contribution >= 4 is 16.9 Å². The molecular weight excluding hydrogens is 270 g/mol. The maximum atomic E-state index is 11.5. The minimum Gasteiger partial charge on any atom is -0.478 e. The fourth-order valence-corrected chi connectivity index (χ4v) is 2.41. The molecule has 21 heavy (non-hydrogen) atoms. The van der Waals surface area contributed by atoms with E-state index >= 15 is 0 Å². The van der Waals surface area contributed by atoms with Crippen molar-refractivity contribution in [2.75, 3.05) is 7.05 Å². The van der Waals surface area contributed by atoms with Crippen LogP contribution < -0.4 is 0 Å². The molecule has 0 aliphatic carbocycles. The average molecular weight is 285 g/mol. The zero-order valence-corrected chi connectivity index (χ0v) is 11.6. The second-order valence-corrected chi connectivity index (χ2v) is 4.95. The van der Waals surface area contributed by atoms with E-state index in [9.17, 15) is 9.90 Å². The standard InChI is InChI=1S/C16H15NO4/c1-17(9-11-5-4-8-20-11)10-14-15(16(18)19)12-6-2-3-7-13(12)21-14/h2-8H,9-10H2,1H3,(H,18,19). The van der Waals surface area contributed by atoms with Gasteiger partial charge in [0.05, 0.1) is 19.4 Å². The lowest BCUT2D eigenvalue weighted by atomic mass is 10.1. The zero-order chi connectivity index (χ0) is 14.8. The first kappa shape index (κ1) is 13.5. The molecule has 0 bridgehead atoms. The van der Waals surface area contributed by atoms with Crippen molar-refractivity contribution in [1.82, 2.24) is 4.90 Å². The van der Waals surface area contributed by atoms with Gasteiger partial charge < -0.3 is 13.9 Å². The van der Waals surface area contributed by atoms with E-state index < -0.39 is 5.97 Å². The van der Waals surface area contributed by atoms with Crippen LogP contribution in [0.2, 0.25) is 0 Å². The molecule has 0 radical (unpaired) electrons. The van der Waals surface area contributed by atoms with Gasteiger partial charge in [-0.1, -0.05) is 18.2 Å². The van der Waals surface area contributed by atoms with Crippen LogP contribution in [0.1, 0.15) is 21.9 Å². The minimum absolute atomic E-state index is 0.233. The lowest BCUT2D eigenvalue weighted by Gasteiger charge is -2.13. The van der Waals surface area contributed by atoms with Crippen molar-refractivity contribution in [3.8, 4) is 0 Å². The molecule has 0 atom stereocenters. The molecule has 0 saturated carbocycles. The number of carboxylic acids is 1. The Labute approximate surface area is 121 Å². The molecule has 0 aliphatic rings. The summed E-state index contributed by atoms with van der Waals surface area (Å²) in [5.41, 5.74) is 0.827. The summed E-state index contributed by atoms with van der Waals surface area (Å²) >= 11 is 0. The maximum Gasteiger partial charge on any atom is 0.339 e. The van der Waals surface area contributed by atoms with Gasteiger partial charge >= 0.3 is 5.97 Å². The van der Waals surface area contributed by atoms with E-state index in [1.54, 1.807) is 24.5 Å². The highest BCUT2D eigenvalue weighted by atomic mass is 16.4. The van der Waals surface area contributed by atoms with Crippen LogP contribution in [-0.4, -0.2) is 23.0 Å². The highest BCUT2D eigenvalue weighted by Crippen LogP contribution is 2.27. The molecule has 0 fully saturated rings. The minimum atomic E-state index is -0.971. The van der Waals surface area contributed by atoms with Crippen LogP contribution in [0.15, 0.2) is 51.5 Å². The second-order valence-electron chi connectivity index (χ2n) is 4.95. The van der Waals surface area contributed by atoms with Crippen molar-refractivity contribution in [2.24, 2.45) is 0 Å². The van der Waals surface area contributed by atoms with Gasteiger partial charge in [0, 0.05) is 5.39 Å². The number of carbonyl (C=O) groups is 1. The Bertz CT molecular complexity index is 758. The Morgan fingerprint density at radius 2 is 2.00 bits per heavy atom. The maximum absolute atomic E-state index is 11.5. The summed E-state index contributed by atoms with van der Waals surface area (Å²) in [7, 11) is 1.89. The monoisotopic (exact) mass is 285 g/mol. The van der Waals surface area contributed by atoms with Gasteiger partial charge in [0.2, 0.25) is 0 Å². The van der Waals surface area contributed by atoms with Gasteiger partial charge in [0.15, 0.2) is 0 Å². The number of benzene rings is 1. The molecule has 1 aromatic carbocycles. The molecule has 5 nitrogen and oxygen atoms in total. The number of hydrogen-bond acceptors (Lipinski definition) is 4. The number of aromatic carboxylic acids is 1. The van der Waals surface area contributed by atoms with Crippen molar-refractivity contribution in [2.45, 2.75) is 13.1 Å². The molecule has 108 valence electrons. The van der Waals surface area contributed by atoms with Crippen molar-refractivity contribution in [3.05, 3.63) is 59.7 Å². The van der Waals surface area contributed by atoms with Gasteiger partial charge in [-0.3, -0.25) is 4.90 Å². The van der Waals surface area contributed by atoms with Gasteiger partial charge in [-0.05, 0) is 25.2 Å². The highest BCUT2D eigenvalue weighted by Gasteiger charge is 2.21. The Hall–Kier alpha value is -2.53. The largest absolute Gasteiger partial charge is 0.478 e. The number of furan rings is 2. The molecule has 2 aromatic heterocycles. The molecule has 0 spiro atoms. The Balaban J connectivity index is 1.89. The third-order valence-corrected chi connectivity index (χ3v) is 3.30. The number of rotatable bonds is 5. The molecule has 3 aromatic rings. The second kappa shape index (κ2) is 5.46. The summed E-state index contributed by atoms with van der Waals surface area (Å²) in [6.07, 6.45) is 1.62. The lowest BCUT2D eigenvalue weighted by Crippen LogP contribution is -2.18. The van der Waals surface area contributed by atoms with Crippen LogP contribution in [0.5, 0.6) is 0 Å². The fourth-order valence-electron chi connectivity index (χ4n) is 2.41. The summed E-state index contributed by atoms with van der Waals surface area (Å²) in [6, 6.07) is 10.9. The number of hydrogen-bond donors (Lipinski definition) is 1. The smallest absolute Gasteiger partial charge is 0.339 e. The van der Waals surface area contributed by atoms with Crippen molar-refractivity contribution in [1.29, 1.82) is 0 Å². The van der Waals surface area contributed by atoms with E-state index in [2.05, 4.69) is 0 Å². The summed E-state index contributed by atoms with van der Waals surface area (Å²) in [4.78, 5) is 13.4. The fraction of sp³-hybridized carbons (Fsp3) is 0.188. The van der Waals surface area contributed by atoms with Crippen LogP contribution in [-0.2, 0) is 13.1 Å². The predicted molar refractivity (Wildman–Crippen MR) is 77.1 cm³/mol. The molecular formula is C16H15NO4. The number of nitrogens with zero attached hydrogens (tertiary/aromatic N) is 1.